The van der Waals surface area contributed by atoms with Crippen molar-refractivity contribution < 1.29 is 0 Å². The summed E-state index contributed by atoms with van der Waals surface area (Å²) in [6.45, 7) is 0. The van der Waals surface area contributed by atoms with E-state index >= 15 is 0 Å². The fourth-order valence-electron chi connectivity index (χ4n) is 0.935. The highest BCUT2D eigenvalue weighted by Crippen LogP contribution is 2.34. The van der Waals surface area contributed by atoms with E-state index in [1.54, 1.807) is 0 Å². The smallest absolute Gasteiger partial charge is 0.263 e. The largest absolute Gasteiger partial charge is 0.344 e. The van der Waals surface area contributed by atoms with Crippen LogP contribution >= 0.6 is 11.6 Å². The highest BCUT2D eigenvalue weighted by atomic mass is 35.5. The molecule has 1 saturated carbocycles. The molecule has 0 aromatic carbocycles. The Kier molecular flexibility index (Phi) is 1.11. The third-order valence-corrected chi connectivity index (χ3v) is 1.84. The molecule has 1 aliphatic rings. The molecule has 10 heavy (non-hydrogen) atoms. The summed E-state index contributed by atoms with van der Waals surface area (Å²) in [4.78, 5) is 10.9. The van der Waals surface area contributed by atoms with Gasteiger partial charge in [0, 0.05) is 6.04 Å². The molecule has 1 aromatic rings. The molecule has 0 aliphatic heterocycles. The van der Waals surface area contributed by atoms with Gasteiger partial charge in [-0.1, -0.05) is 0 Å². The molecular weight excluding hydrogens is 154 g/mol. The molecule has 1 aliphatic carbocycles. The molecule has 0 bridgehead atoms. The summed E-state index contributed by atoms with van der Waals surface area (Å²) in [6, 6.07) is 0.304. The number of hydrogen-bond acceptors (Lipinski definition) is 2. The van der Waals surface area contributed by atoms with E-state index in [0.717, 1.165) is 12.8 Å². The molecule has 4 nitrogen and oxygen atoms in total. The van der Waals surface area contributed by atoms with Gasteiger partial charge in [-0.15, -0.1) is 5.10 Å². The van der Waals surface area contributed by atoms with Crippen molar-refractivity contribution in [3.05, 3.63) is 15.8 Å². The second kappa shape index (κ2) is 1.85. The number of aromatic amines is 1. The molecule has 0 radical (unpaired) electrons. The predicted octanol–water partition coefficient (Wildman–Crippen LogP) is 0.560. The van der Waals surface area contributed by atoms with Crippen LogP contribution in [0, 0.1) is 0 Å². The van der Waals surface area contributed by atoms with Crippen molar-refractivity contribution in [2.45, 2.75) is 18.9 Å². The van der Waals surface area contributed by atoms with Gasteiger partial charge in [-0.3, -0.25) is 4.57 Å². The summed E-state index contributed by atoms with van der Waals surface area (Å²) in [6.07, 6.45) is 2.08. The van der Waals surface area contributed by atoms with Gasteiger partial charge in [0.2, 0.25) is 5.28 Å². The monoisotopic (exact) mass is 159 g/mol. The van der Waals surface area contributed by atoms with Crippen molar-refractivity contribution in [2.24, 2.45) is 0 Å². The first-order valence-corrected chi connectivity index (χ1v) is 3.49. The van der Waals surface area contributed by atoms with Gasteiger partial charge in [-0.25, -0.2) is 9.89 Å². The average molecular weight is 160 g/mol. The van der Waals surface area contributed by atoms with Crippen molar-refractivity contribution in [1.29, 1.82) is 0 Å². The van der Waals surface area contributed by atoms with Gasteiger partial charge >= 0.3 is 5.69 Å². The zero-order chi connectivity index (χ0) is 7.14. The summed E-state index contributed by atoms with van der Waals surface area (Å²) >= 11 is 5.60. The third kappa shape index (κ3) is 0.759. The standard InChI is InChI=1S/C5H6ClN3O/c6-4-7-8-5(10)9(4)3-1-2-3/h3H,1-2H2,(H,8,10). The molecular formula is C5H6ClN3O. The van der Waals surface area contributed by atoms with Crippen molar-refractivity contribution in [3.8, 4) is 0 Å². The van der Waals surface area contributed by atoms with Gasteiger partial charge in [0.25, 0.3) is 0 Å². The predicted molar refractivity (Wildman–Crippen MR) is 36.1 cm³/mol. The van der Waals surface area contributed by atoms with E-state index in [0.29, 0.717) is 6.04 Å². The Bertz CT molecular complexity index is 298. The Morgan fingerprint density at radius 2 is 2.40 bits per heavy atom. The molecule has 2 rings (SSSR count). The third-order valence-electron chi connectivity index (χ3n) is 1.57. The first-order valence-electron chi connectivity index (χ1n) is 3.11. The Morgan fingerprint density at radius 1 is 1.70 bits per heavy atom. The zero-order valence-corrected chi connectivity index (χ0v) is 5.93. The molecule has 54 valence electrons. The summed E-state index contributed by atoms with van der Waals surface area (Å²) < 4.78 is 1.49. The number of hydrogen-bond donors (Lipinski definition) is 1. The Morgan fingerprint density at radius 3 is 2.80 bits per heavy atom. The zero-order valence-electron chi connectivity index (χ0n) is 5.17. The Balaban J connectivity index is 2.54. The van der Waals surface area contributed by atoms with Crippen molar-refractivity contribution in [3.63, 3.8) is 0 Å². The van der Waals surface area contributed by atoms with E-state index in [1.807, 2.05) is 0 Å². The van der Waals surface area contributed by atoms with E-state index in [9.17, 15) is 4.79 Å². The lowest BCUT2D eigenvalue weighted by Gasteiger charge is -1.93. The van der Waals surface area contributed by atoms with Gasteiger partial charge < -0.3 is 0 Å². The minimum absolute atomic E-state index is 0.201. The van der Waals surface area contributed by atoms with Gasteiger partial charge in [-0.2, -0.15) is 0 Å². The second-order valence-electron chi connectivity index (χ2n) is 2.40. The highest BCUT2D eigenvalue weighted by Gasteiger charge is 2.27. The van der Waals surface area contributed by atoms with Crippen LogP contribution in [0.2, 0.25) is 5.28 Å². The first kappa shape index (κ1) is 5.97. The number of nitrogens with one attached hydrogen (secondary N) is 1. The summed E-state index contributed by atoms with van der Waals surface area (Å²) in [7, 11) is 0. The van der Waals surface area contributed by atoms with Gasteiger partial charge in [0.1, 0.15) is 0 Å². The minimum atomic E-state index is -0.201. The fourth-order valence-corrected chi connectivity index (χ4v) is 1.19. The van der Waals surface area contributed by atoms with Crippen LogP contribution in [0.3, 0.4) is 0 Å². The lowest BCUT2D eigenvalue weighted by atomic mass is 10.7. The second-order valence-corrected chi connectivity index (χ2v) is 2.74. The SMILES string of the molecule is O=c1[nH]nc(Cl)n1C1CC1. The summed E-state index contributed by atoms with van der Waals surface area (Å²) in [5.41, 5.74) is -0.201. The molecule has 0 atom stereocenters. The van der Waals surface area contributed by atoms with E-state index in [4.69, 9.17) is 11.6 Å². The molecule has 0 saturated heterocycles. The molecule has 1 aromatic heterocycles. The van der Waals surface area contributed by atoms with Crippen molar-refractivity contribution in [1.82, 2.24) is 14.8 Å². The van der Waals surface area contributed by atoms with Crippen LogP contribution in [0.15, 0.2) is 4.79 Å². The minimum Gasteiger partial charge on any atom is -0.263 e. The molecule has 1 heterocycles. The normalized spacial score (nSPS) is 17.7. The maximum Gasteiger partial charge on any atom is 0.344 e. The van der Waals surface area contributed by atoms with E-state index in [2.05, 4.69) is 10.2 Å². The maximum absolute atomic E-state index is 10.9. The van der Waals surface area contributed by atoms with Crippen LogP contribution < -0.4 is 5.69 Å². The molecule has 0 amide bonds. The van der Waals surface area contributed by atoms with E-state index in [-0.39, 0.29) is 11.0 Å². The van der Waals surface area contributed by atoms with Gasteiger partial charge in [-0.05, 0) is 24.4 Å². The molecule has 0 unspecified atom stereocenters. The van der Waals surface area contributed by atoms with Crippen LogP contribution in [0.5, 0.6) is 0 Å². The lowest BCUT2D eigenvalue weighted by Crippen LogP contribution is -2.15. The number of nitrogens with zero attached hydrogens (tertiary/aromatic N) is 2. The molecule has 5 heteroatoms. The van der Waals surface area contributed by atoms with E-state index < -0.39 is 0 Å². The Hall–Kier alpha value is -0.770. The van der Waals surface area contributed by atoms with Gasteiger partial charge in [0.15, 0.2) is 0 Å². The number of aromatic nitrogens is 3. The quantitative estimate of drug-likeness (QED) is 0.651. The van der Waals surface area contributed by atoms with Crippen LogP contribution in [0.4, 0.5) is 0 Å². The van der Waals surface area contributed by atoms with Crippen LogP contribution in [-0.4, -0.2) is 14.8 Å². The number of H-pyrrole nitrogens is 1. The van der Waals surface area contributed by atoms with Crippen LogP contribution in [-0.2, 0) is 0 Å². The van der Waals surface area contributed by atoms with Crippen LogP contribution in [0.25, 0.3) is 0 Å². The Labute approximate surface area is 61.8 Å². The average Bonchev–Trinajstić information content (AvgIpc) is 2.64. The van der Waals surface area contributed by atoms with Gasteiger partial charge in [0.05, 0.1) is 0 Å². The maximum atomic E-state index is 10.9. The fraction of sp³-hybridized carbons (Fsp3) is 0.600. The highest BCUT2D eigenvalue weighted by molar-refractivity contribution is 6.28. The number of rotatable bonds is 1. The summed E-state index contributed by atoms with van der Waals surface area (Å²) in [5.74, 6) is 0. The van der Waals surface area contributed by atoms with Crippen molar-refractivity contribution >= 4 is 11.6 Å². The topological polar surface area (TPSA) is 50.7 Å². The van der Waals surface area contributed by atoms with Crippen molar-refractivity contribution in [2.75, 3.05) is 0 Å². The lowest BCUT2D eigenvalue weighted by molar-refractivity contribution is 0.710. The molecule has 0 spiro atoms. The molecule has 1 fully saturated rings. The van der Waals surface area contributed by atoms with Crippen LogP contribution in [0.1, 0.15) is 18.9 Å². The summed E-state index contributed by atoms with van der Waals surface area (Å²) in [5, 5.41) is 6.12. The number of halogens is 1. The first-order chi connectivity index (χ1) is 4.79. The molecule has 1 N–H and O–H groups in total. The van der Waals surface area contributed by atoms with E-state index in [1.165, 1.54) is 4.57 Å².